The van der Waals surface area contributed by atoms with Gasteiger partial charge in [0, 0.05) is 18.6 Å². The molecular weight excluding hydrogens is 217 g/mol. The summed E-state index contributed by atoms with van der Waals surface area (Å²) in [6, 6.07) is 2.65. The third-order valence-electron chi connectivity index (χ3n) is 1.75. The van der Waals surface area contributed by atoms with Crippen molar-refractivity contribution in [1.82, 2.24) is 0 Å². The highest BCUT2D eigenvalue weighted by Gasteiger charge is 2.32. The maximum absolute atomic E-state index is 13.2. The van der Waals surface area contributed by atoms with Crippen molar-refractivity contribution in [3.63, 3.8) is 0 Å². The smallest absolute Gasteiger partial charge is 0.276 e. The zero-order valence-electron chi connectivity index (χ0n) is 7.11. The standard InChI is InChI=1S/C9H8ClF3O/c10-8-5-6(11)1-2-7(8)9(12,13)3-4-14/h1-2,5,14H,3-4H2. The molecule has 0 atom stereocenters. The monoisotopic (exact) mass is 224 g/mol. The Morgan fingerprint density at radius 2 is 2.00 bits per heavy atom. The van der Waals surface area contributed by atoms with Gasteiger partial charge in [-0.2, -0.15) is 0 Å². The number of aliphatic hydroxyl groups is 1. The molecule has 0 unspecified atom stereocenters. The van der Waals surface area contributed by atoms with Gasteiger partial charge in [0.25, 0.3) is 5.92 Å². The second-order valence-corrected chi connectivity index (χ2v) is 3.21. The maximum Gasteiger partial charge on any atom is 0.276 e. The minimum Gasteiger partial charge on any atom is -0.396 e. The van der Waals surface area contributed by atoms with Crippen molar-refractivity contribution in [1.29, 1.82) is 0 Å². The van der Waals surface area contributed by atoms with Gasteiger partial charge in [0.2, 0.25) is 0 Å². The zero-order valence-corrected chi connectivity index (χ0v) is 7.86. The molecule has 0 aliphatic rings. The minimum absolute atomic E-state index is 0.330. The first kappa shape index (κ1) is 11.3. The van der Waals surface area contributed by atoms with E-state index in [-0.39, 0.29) is 5.02 Å². The van der Waals surface area contributed by atoms with Crippen molar-refractivity contribution < 1.29 is 18.3 Å². The van der Waals surface area contributed by atoms with Crippen LogP contribution in [0.15, 0.2) is 18.2 Å². The Hall–Kier alpha value is -0.740. The number of hydrogen-bond donors (Lipinski definition) is 1. The van der Waals surface area contributed by atoms with Crippen LogP contribution in [0.1, 0.15) is 12.0 Å². The quantitative estimate of drug-likeness (QED) is 0.837. The zero-order chi connectivity index (χ0) is 10.8. The van der Waals surface area contributed by atoms with Crippen LogP contribution < -0.4 is 0 Å². The highest BCUT2D eigenvalue weighted by atomic mass is 35.5. The topological polar surface area (TPSA) is 20.2 Å². The van der Waals surface area contributed by atoms with Gasteiger partial charge in [-0.05, 0) is 18.2 Å². The molecular formula is C9H8ClF3O. The van der Waals surface area contributed by atoms with E-state index < -0.39 is 30.3 Å². The Bertz CT molecular complexity index is 328. The molecule has 0 aliphatic carbocycles. The van der Waals surface area contributed by atoms with E-state index >= 15 is 0 Å². The third kappa shape index (κ3) is 2.39. The van der Waals surface area contributed by atoms with E-state index in [1.165, 1.54) is 0 Å². The highest BCUT2D eigenvalue weighted by molar-refractivity contribution is 6.31. The molecule has 0 bridgehead atoms. The van der Waals surface area contributed by atoms with Gasteiger partial charge < -0.3 is 5.11 Å². The van der Waals surface area contributed by atoms with Crippen molar-refractivity contribution >= 4 is 11.6 Å². The molecule has 0 aromatic heterocycles. The fraction of sp³-hybridized carbons (Fsp3) is 0.333. The van der Waals surface area contributed by atoms with Gasteiger partial charge in [-0.1, -0.05) is 11.6 Å². The van der Waals surface area contributed by atoms with Crippen molar-refractivity contribution in [2.45, 2.75) is 12.3 Å². The van der Waals surface area contributed by atoms with Crippen LogP contribution >= 0.6 is 11.6 Å². The van der Waals surface area contributed by atoms with Gasteiger partial charge in [0.15, 0.2) is 0 Å². The van der Waals surface area contributed by atoms with Gasteiger partial charge in [0.1, 0.15) is 5.82 Å². The lowest BCUT2D eigenvalue weighted by Gasteiger charge is -2.16. The molecule has 1 N–H and O–H groups in total. The van der Waals surface area contributed by atoms with E-state index in [0.29, 0.717) is 0 Å². The molecule has 0 saturated heterocycles. The van der Waals surface area contributed by atoms with Crippen molar-refractivity contribution in [3.05, 3.63) is 34.6 Å². The summed E-state index contributed by atoms with van der Waals surface area (Å²) >= 11 is 5.45. The molecule has 1 aromatic carbocycles. The third-order valence-corrected chi connectivity index (χ3v) is 2.06. The minimum atomic E-state index is -3.22. The van der Waals surface area contributed by atoms with Crippen LogP contribution in [0.2, 0.25) is 5.02 Å². The van der Waals surface area contributed by atoms with Crippen LogP contribution in [-0.4, -0.2) is 11.7 Å². The van der Waals surface area contributed by atoms with E-state index in [0.717, 1.165) is 18.2 Å². The van der Waals surface area contributed by atoms with Crippen LogP contribution in [0, 0.1) is 5.82 Å². The average Bonchev–Trinajstić information content (AvgIpc) is 2.02. The molecule has 14 heavy (non-hydrogen) atoms. The fourth-order valence-electron chi connectivity index (χ4n) is 1.06. The molecule has 1 nitrogen and oxygen atoms in total. The lowest BCUT2D eigenvalue weighted by molar-refractivity contribution is -0.0268. The number of halogens is 4. The van der Waals surface area contributed by atoms with E-state index in [9.17, 15) is 13.2 Å². The molecule has 0 fully saturated rings. The average molecular weight is 225 g/mol. The summed E-state index contributed by atoms with van der Waals surface area (Å²) in [6.07, 6.45) is -0.724. The molecule has 0 aliphatic heterocycles. The van der Waals surface area contributed by atoms with Gasteiger partial charge >= 0.3 is 0 Å². The summed E-state index contributed by atoms with van der Waals surface area (Å²) in [5.74, 6) is -3.89. The molecule has 0 radical (unpaired) electrons. The predicted octanol–water partition coefficient (Wildman–Crippen LogP) is 2.95. The van der Waals surface area contributed by atoms with Gasteiger partial charge in [0.05, 0.1) is 5.02 Å². The van der Waals surface area contributed by atoms with Gasteiger partial charge in [-0.25, -0.2) is 13.2 Å². The molecule has 0 saturated carbocycles. The van der Waals surface area contributed by atoms with Crippen LogP contribution in [-0.2, 0) is 5.92 Å². The first-order chi connectivity index (χ1) is 6.47. The number of rotatable bonds is 3. The molecule has 5 heteroatoms. The second kappa shape index (κ2) is 4.19. The van der Waals surface area contributed by atoms with Crippen LogP contribution in [0.4, 0.5) is 13.2 Å². The largest absolute Gasteiger partial charge is 0.396 e. The van der Waals surface area contributed by atoms with Gasteiger partial charge in [-0.15, -0.1) is 0 Å². The SMILES string of the molecule is OCCC(F)(F)c1ccc(F)cc1Cl. The summed E-state index contributed by atoms with van der Waals surface area (Å²) in [7, 11) is 0. The number of benzene rings is 1. The summed E-state index contributed by atoms with van der Waals surface area (Å²) in [5, 5.41) is 8.08. The number of alkyl halides is 2. The van der Waals surface area contributed by atoms with E-state index in [1.807, 2.05) is 0 Å². The van der Waals surface area contributed by atoms with E-state index in [2.05, 4.69) is 0 Å². The summed E-state index contributed by atoms with van der Waals surface area (Å²) in [4.78, 5) is 0. The van der Waals surface area contributed by atoms with Gasteiger partial charge in [-0.3, -0.25) is 0 Å². The number of hydrogen-bond acceptors (Lipinski definition) is 1. The second-order valence-electron chi connectivity index (χ2n) is 2.80. The number of aliphatic hydroxyl groups excluding tert-OH is 1. The summed E-state index contributed by atoms with van der Waals surface area (Å²) < 4.78 is 38.9. The van der Waals surface area contributed by atoms with Crippen molar-refractivity contribution in [3.8, 4) is 0 Å². The first-order valence-corrected chi connectivity index (χ1v) is 4.29. The predicted molar refractivity (Wildman–Crippen MR) is 47.0 cm³/mol. The first-order valence-electron chi connectivity index (χ1n) is 3.91. The summed E-state index contributed by atoms with van der Waals surface area (Å²) in [5.41, 5.74) is -0.463. The molecule has 0 amide bonds. The van der Waals surface area contributed by atoms with Crippen LogP contribution in [0.3, 0.4) is 0 Å². The van der Waals surface area contributed by atoms with Crippen LogP contribution in [0.5, 0.6) is 0 Å². The highest BCUT2D eigenvalue weighted by Crippen LogP contribution is 2.36. The van der Waals surface area contributed by atoms with Crippen molar-refractivity contribution in [2.24, 2.45) is 0 Å². The Kier molecular flexibility index (Phi) is 3.39. The molecule has 0 spiro atoms. The fourth-order valence-corrected chi connectivity index (χ4v) is 1.37. The molecule has 0 heterocycles. The van der Waals surface area contributed by atoms with E-state index in [1.54, 1.807) is 0 Å². The lowest BCUT2D eigenvalue weighted by Crippen LogP contribution is -2.15. The van der Waals surface area contributed by atoms with Crippen LogP contribution in [0.25, 0.3) is 0 Å². The molecule has 1 rings (SSSR count). The van der Waals surface area contributed by atoms with E-state index in [4.69, 9.17) is 16.7 Å². The Morgan fingerprint density at radius 3 is 2.50 bits per heavy atom. The molecule has 1 aromatic rings. The summed E-state index contributed by atoms with van der Waals surface area (Å²) in [6.45, 7) is -0.652. The van der Waals surface area contributed by atoms with Crippen molar-refractivity contribution in [2.75, 3.05) is 6.61 Å². The Labute approximate surface area is 84.1 Å². The Morgan fingerprint density at radius 1 is 1.36 bits per heavy atom. The normalized spacial score (nSPS) is 11.8. The molecule has 78 valence electrons. The maximum atomic E-state index is 13.2. The lowest BCUT2D eigenvalue weighted by atomic mass is 10.1. The Balaban J connectivity index is 3.06.